The molecule has 0 bridgehead atoms. The maximum absolute atomic E-state index is 5.96. The largest absolute Gasteiger partial charge is 0.454 e. The van der Waals surface area contributed by atoms with Gasteiger partial charge in [-0.2, -0.15) is 0 Å². The van der Waals surface area contributed by atoms with Crippen molar-refractivity contribution in [3.8, 4) is 22.8 Å². The number of anilines is 1. The van der Waals surface area contributed by atoms with Crippen LogP contribution in [0, 0.1) is 0 Å². The first-order valence-corrected chi connectivity index (χ1v) is 4.93. The zero-order valence-electron chi connectivity index (χ0n) is 8.07. The number of nitrogens with zero attached hydrogens (tertiary/aromatic N) is 1. The second-order valence-electron chi connectivity index (χ2n) is 3.30. The van der Waals surface area contributed by atoms with Crippen molar-refractivity contribution in [2.75, 3.05) is 12.5 Å². The Morgan fingerprint density at radius 1 is 1.25 bits per heavy atom. The fourth-order valence-corrected chi connectivity index (χ4v) is 1.79. The zero-order valence-corrected chi connectivity index (χ0v) is 8.82. The number of aromatic nitrogens is 1. The Balaban J connectivity index is 2.20. The summed E-state index contributed by atoms with van der Waals surface area (Å²) in [7, 11) is 0. The van der Waals surface area contributed by atoms with Gasteiger partial charge in [0.25, 0.3) is 0 Å². The first-order valence-electron chi connectivity index (χ1n) is 4.56. The van der Waals surface area contributed by atoms with E-state index in [9.17, 15) is 0 Å². The smallest absolute Gasteiger partial charge is 0.231 e. The van der Waals surface area contributed by atoms with Crippen molar-refractivity contribution in [1.82, 2.24) is 5.16 Å². The van der Waals surface area contributed by atoms with Crippen molar-refractivity contribution in [3.05, 3.63) is 23.2 Å². The van der Waals surface area contributed by atoms with Crippen LogP contribution in [0.3, 0.4) is 0 Å². The highest BCUT2D eigenvalue weighted by atomic mass is 35.5. The van der Waals surface area contributed by atoms with E-state index in [4.69, 9.17) is 31.3 Å². The molecule has 6 heteroatoms. The molecule has 0 atom stereocenters. The highest BCUT2D eigenvalue weighted by Gasteiger charge is 2.21. The van der Waals surface area contributed by atoms with Gasteiger partial charge in [-0.25, -0.2) is 0 Å². The summed E-state index contributed by atoms with van der Waals surface area (Å²) in [6.45, 7) is 0.177. The number of hydrogen-bond acceptors (Lipinski definition) is 5. The van der Waals surface area contributed by atoms with E-state index in [0.29, 0.717) is 27.8 Å². The summed E-state index contributed by atoms with van der Waals surface area (Å²) in [6, 6.07) is 5.02. The molecule has 0 fully saturated rings. The van der Waals surface area contributed by atoms with Crippen molar-refractivity contribution >= 4 is 17.5 Å². The van der Waals surface area contributed by atoms with E-state index in [1.54, 1.807) is 18.2 Å². The zero-order chi connectivity index (χ0) is 11.1. The van der Waals surface area contributed by atoms with Gasteiger partial charge in [-0.1, -0.05) is 16.8 Å². The number of hydrogen-bond donors (Lipinski definition) is 1. The summed E-state index contributed by atoms with van der Waals surface area (Å²) in [5.74, 6) is 1.45. The molecule has 1 aromatic carbocycles. The molecule has 0 unspecified atom stereocenters. The van der Waals surface area contributed by atoms with Crippen LogP contribution < -0.4 is 15.2 Å². The summed E-state index contributed by atoms with van der Waals surface area (Å²) in [5.41, 5.74) is 6.74. The Labute approximate surface area is 95.7 Å². The Morgan fingerprint density at radius 3 is 2.88 bits per heavy atom. The summed E-state index contributed by atoms with van der Waals surface area (Å²) in [6.07, 6.45) is 0. The summed E-state index contributed by atoms with van der Waals surface area (Å²) in [4.78, 5) is 0. The highest BCUT2D eigenvalue weighted by molar-refractivity contribution is 6.31. The molecule has 0 radical (unpaired) electrons. The van der Waals surface area contributed by atoms with Gasteiger partial charge in [-0.3, -0.25) is 0 Å². The number of ether oxygens (including phenoxy) is 2. The summed E-state index contributed by atoms with van der Waals surface area (Å²) < 4.78 is 15.4. The number of rotatable bonds is 1. The van der Waals surface area contributed by atoms with Gasteiger partial charge in [-0.15, -0.1) is 0 Å². The number of fused-ring (bicyclic) bond motifs is 1. The third kappa shape index (κ3) is 1.37. The van der Waals surface area contributed by atoms with Crippen LogP contribution in [0.15, 0.2) is 22.7 Å². The molecule has 0 saturated carbocycles. The maximum atomic E-state index is 5.96. The van der Waals surface area contributed by atoms with Crippen molar-refractivity contribution < 1.29 is 14.0 Å². The predicted molar refractivity (Wildman–Crippen MR) is 57.5 cm³/mol. The van der Waals surface area contributed by atoms with E-state index >= 15 is 0 Å². The third-order valence-corrected chi connectivity index (χ3v) is 2.46. The van der Waals surface area contributed by atoms with Gasteiger partial charge < -0.3 is 19.7 Å². The molecule has 0 amide bonds. The van der Waals surface area contributed by atoms with Crippen LogP contribution in [0.2, 0.25) is 5.02 Å². The summed E-state index contributed by atoms with van der Waals surface area (Å²) >= 11 is 5.96. The van der Waals surface area contributed by atoms with Gasteiger partial charge in [0.1, 0.15) is 5.69 Å². The minimum Gasteiger partial charge on any atom is -0.454 e. The molecule has 3 rings (SSSR count). The number of nitrogens with two attached hydrogens (primary N) is 1. The van der Waals surface area contributed by atoms with Gasteiger partial charge in [0.05, 0.1) is 5.56 Å². The van der Waals surface area contributed by atoms with Crippen LogP contribution >= 0.6 is 11.6 Å². The number of nitrogen functional groups attached to an aromatic ring is 1. The highest BCUT2D eigenvalue weighted by Crippen LogP contribution is 2.43. The van der Waals surface area contributed by atoms with Crippen LogP contribution in [-0.2, 0) is 0 Å². The van der Waals surface area contributed by atoms with Crippen LogP contribution in [0.1, 0.15) is 0 Å². The fraction of sp³-hybridized carbons (Fsp3) is 0.100. The second-order valence-corrected chi connectivity index (χ2v) is 3.74. The van der Waals surface area contributed by atoms with E-state index in [-0.39, 0.29) is 12.7 Å². The Kier molecular flexibility index (Phi) is 1.94. The lowest BCUT2D eigenvalue weighted by molar-refractivity contribution is 0.174. The van der Waals surface area contributed by atoms with Gasteiger partial charge in [0.2, 0.25) is 12.7 Å². The maximum Gasteiger partial charge on any atom is 0.231 e. The van der Waals surface area contributed by atoms with E-state index in [0.717, 1.165) is 0 Å². The molecule has 1 aliphatic heterocycles. The van der Waals surface area contributed by atoms with Gasteiger partial charge in [0.15, 0.2) is 11.5 Å². The minimum absolute atomic E-state index is 0.177. The lowest BCUT2D eigenvalue weighted by Crippen LogP contribution is -1.93. The predicted octanol–water partition coefficient (Wildman–Crippen LogP) is 2.31. The fourth-order valence-electron chi connectivity index (χ4n) is 1.58. The lowest BCUT2D eigenvalue weighted by Gasteiger charge is -2.02. The number of halogens is 1. The molecule has 16 heavy (non-hydrogen) atoms. The van der Waals surface area contributed by atoms with Crippen molar-refractivity contribution in [1.29, 1.82) is 0 Å². The molecular formula is C10H7ClN2O3. The van der Waals surface area contributed by atoms with Crippen molar-refractivity contribution in [3.63, 3.8) is 0 Å². The molecule has 82 valence electrons. The van der Waals surface area contributed by atoms with Crippen LogP contribution in [0.5, 0.6) is 11.5 Å². The topological polar surface area (TPSA) is 70.5 Å². The molecule has 0 aliphatic carbocycles. The Hall–Kier alpha value is -1.88. The average molecular weight is 239 g/mol. The molecular weight excluding hydrogens is 232 g/mol. The minimum atomic E-state index is 0.177. The average Bonchev–Trinajstić information content (AvgIpc) is 2.84. The summed E-state index contributed by atoms with van der Waals surface area (Å²) in [5, 5.41) is 4.35. The van der Waals surface area contributed by atoms with Crippen molar-refractivity contribution in [2.24, 2.45) is 0 Å². The van der Waals surface area contributed by atoms with E-state index in [1.165, 1.54) is 0 Å². The van der Waals surface area contributed by atoms with Crippen molar-refractivity contribution in [2.45, 2.75) is 0 Å². The van der Waals surface area contributed by atoms with E-state index in [2.05, 4.69) is 5.16 Å². The van der Waals surface area contributed by atoms with Crippen LogP contribution in [0.25, 0.3) is 11.3 Å². The molecule has 2 heterocycles. The van der Waals surface area contributed by atoms with Gasteiger partial charge in [-0.05, 0) is 6.07 Å². The molecule has 0 spiro atoms. The first kappa shape index (κ1) is 9.35. The van der Waals surface area contributed by atoms with E-state index < -0.39 is 0 Å². The second kappa shape index (κ2) is 3.31. The molecule has 5 nitrogen and oxygen atoms in total. The molecule has 2 N–H and O–H groups in total. The Bertz CT molecular complexity index is 553. The SMILES string of the molecule is Nc1cc(-c2cc(Cl)cc3c2OCO3)no1. The third-order valence-electron chi connectivity index (χ3n) is 2.24. The quantitative estimate of drug-likeness (QED) is 0.826. The Morgan fingerprint density at radius 2 is 2.12 bits per heavy atom. The van der Waals surface area contributed by atoms with Gasteiger partial charge >= 0.3 is 0 Å². The molecule has 2 aromatic rings. The van der Waals surface area contributed by atoms with E-state index in [1.807, 2.05) is 0 Å². The van der Waals surface area contributed by atoms with Crippen LogP contribution in [0.4, 0.5) is 5.88 Å². The lowest BCUT2D eigenvalue weighted by atomic mass is 10.1. The first-order chi connectivity index (χ1) is 7.74. The number of benzene rings is 1. The molecule has 0 saturated heterocycles. The monoisotopic (exact) mass is 238 g/mol. The molecule has 1 aliphatic rings. The van der Waals surface area contributed by atoms with Crippen LogP contribution in [-0.4, -0.2) is 11.9 Å². The molecule has 1 aromatic heterocycles. The normalized spacial score (nSPS) is 13.1. The van der Waals surface area contributed by atoms with Gasteiger partial charge in [0, 0.05) is 17.2 Å². The standard InChI is InChI=1S/C10H7ClN2O3/c11-5-1-6(7-3-9(12)16-13-7)10-8(2-5)14-4-15-10/h1-3H,4,12H2.